The number of ketones is 1. The molecular weight excluding hydrogens is 206 g/mol. The van der Waals surface area contributed by atoms with Crippen molar-refractivity contribution in [1.29, 1.82) is 0 Å². The minimum atomic E-state index is -0.437. The Morgan fingerprint density at radius 3 is 2.44 bits per heavy atom. The Kier molecular flexibility index (Phi) is 4.77. The van der Waals surface area contributed by atoms with Crippen LogP contribution in [0.2, 0.25) is 0 Å². The number of amides is 1. The van der Waals surface area contributed by atoms with Crippen molar-refractivity contribution >= 4 is 11.9 Å². The van der Waals surface area contributed by atoms with E-state index in [1.54, 1.807) is 0 Å². The van der Waals surface area contributed by atoms with Gasteiger partial charge in [-0.1, -0.05) is 26.7 Å². The topological polar surface area (TPSA) is 55.4 Å². The molecule has 4 heteroatoms. The van der Waals surface area contributed by atoms with Gasteiger partial charge in [0.05, 0.1) is 7.11 Å². The fourth-order valence-corrected chi connectivity index (χ4v) is 2.28. The number of methoxy groups -OCH3 is 1. The smallest absolute Gasteiger partial charge is 0.407 e. The van der Waals surface area contributed by atoms with Gasteiger partial charge in [0.1, 0.15) is 5.78 Å². The number of alkyl carbamates (subject to hydrolysis) is 1. The second kappa shape index (κ2) is 5.87. The van der Waals surface area contributed by atoms with Crippen molar-refractivity contribution in [3.8, 4) is 0 Å². The normalized spacial score (nSPS) is 25.2. The average molecular weight is 227 g/mol. The first-order valence-corrected chi connectivity index (χ1v) is 5.94. The first-order chi connectivity index (χ1) is 7.56. The number of nitrogens with one attached hydrogen (secondary N) is 1. The summed E-state index contributed by atoms with van der Waals surface area (Å²) in [5, 5.41) is 2.77. The molecule has 92 valence electrons. The summed E-state index contributed by atoms with van der Waals surface area (Å²) in [5.74, 6) is 0.249. The fourth-order valence-electron chi connectivity index (χ4n) is 2.28. The Bertz CT molecular complexity index is 263. The third kappa shape index (κ3) is 3.22. The van der Waals surface area contributed by atoms with Gasteiger partial charge in [-0.2, -0.15) is 0 Å². The predicted octanol–water partition coefficient (Wildman–Crippen LogP) is 2.13. The van der Waals surface area contributed by atoms with Gasteiger partial charge < -0.3 is 10.1 Å². The molecule has 1 fully saturated rings. The first kappa shape index (κ1) is 13.0. The van der Waals surface area contributed by atoms with Crippen LogP contribution >= 0.6 is 0 Å². The fraction of sp³-hybridized carbons (Fsp3) is 0.833. The Hall–Kier alpha value is -1.06. The number of Topliss-reactive ketones (excluding diaryl/α,β-unsaturated/α-hetero) is 1. The average Bonchev–Trinajstić information content (AvgIpc) is 2.28. The predicted molar refractivity (Wildman–Crippen MR) is 61.1 cm³/mol. The van der Waals surface area contributed by atoms with E-state index in [1.165, 1.54) is 7.11 Å². The van der Waals surface area contributed by atoms with Gasteiger partial charge in [0.15, 0.2) is 0 Å². The third-order valence-corrected chi connectivity index (χ3v) is 3.19. The zero-order valence-electron chi connectivity index (χ0n) is 10.3. The number of hydrogen-bond acceptors (Lipinski definition) is 3. The molecule has 0 saturated heterocycles. The van der Waals surface area contributed by atoms with Gasteiger partial charge in [0.2, 0.25) is 0 Å². The number of carbonyl (C=O) groups is 2. The zero-order chi connectivity index (χ0) is 12.1. The maximum Gasteiger partial charge on any atom is 0.407 e. The lowest BCUT2D eigenvalue weighted by atomic mass is 9.79. The zero-order valence-corrected chi connectivity index (χ0v) is 10.3. The molecule has 0 aromatic carbocycles. The van der Waals surface area contributed by atoms with Gasteiger partial charge in [-0.05, 0) is 12.8 Å². The summed E-state index contributed by atoms with van der Waals surface area (Å²) in [4.78, 5) is 23.2. The van der Waals surface area contributed by atoms with Crippen LogP contribution < -0.4 is 5.32 Å². The van der Waals surface area contributed by atoms with E-state index in [0.29, 0.717) is 0 Å². The molecule has 1 saturated carbocycles. The molecule has 0 unspecified atom stereocenters. The third-order valence-electron chi connectivity index (χ3n) is 3.19. The molecule has 0 aliphatic heterocycles. The van der Waals surface area contributed by atoms with Crippen molar-refractivity contribution in [2.75, 3.05) is 7.11 Å². The number of ether oxygens (including phenoxy) is 1. The quantitative estimate of drug-likeness (QED) is 0.803. The van der Waals surface area contributed by atoms with Crippen molar-refractivity contribution in [2.45, 2.75) is 45.6 Å². The minimum absolute atomic E-state index is 0.0325. The Labute approximate surface area is 96.7 Å². The maximum atomic E-state index is 12.0. The van der Waals surface area contributed by atoms with E-state index in [9.17, 15) is 9.59 Å². The minimum Gasteiger partial charge on any atom is -0.453 e. The molecule has 1 rings (SSSR count). The SMILES string of the molecule is COC(=O)N[C@@H]1CCCC[C@H]1C(=O)C(C)C. The summed E-state index contributed by atoms with van der Waals surface area (Å²) in [6.07, 6.45) is 3.46. The molecule has 1 aliphatic carbocycles. The molecular formula is C12H21NO3. The highest BCUT2D eigenvalue weighted by atomic mass is 16.5. The molecule has 1 aliphatic rings. The lowest BCUT2D eigenvalue weighted by Crippen LogP contribution is -2.46. The summed E-state index contributed by atoms with van der Waals surface area (Å²) < 4.78 is 4.58. The van der Waals surface area contributed by atoms with Crippen LogP contribution in [0.4, 0.5) is 4.79 Å². The molecule has 0 aromatic heterocycles. The van der Waals surface area contributed by atoms with Crippen LogP contribution in [0, 0.1) is 11.8 Å². The highest BCUT2D eigenvalue weighted by Gasteiger charge is 2.32. The number of hydrogen-bond donors (Lipinski definition) is 1. The van der Waals surface area contributed by atoms with Crippen molar-refractivity contribution in [2.24, 2.45) is 11.8 Å². The summed E-state index contributed by atoms with van der Waals surface area (Å²) in [7, 11) is 1.34. The molecule has 4 nitrogen and oxygen atoms in total. The van der Waals surface area contributed by atoms with Gasteiger partial charge in [-0.25, -0.2) is 4.79 Å². The molecule has 16 heavy (non-hydrogen) atoms. The van der Waals surface area contributed by atoms with E-state index in [1.807, 2.05) is 13.8 Å². The lowest BCUT2D eigenvalue weighted by molar-refractivity contribution is -0.127. The molecule has 0 spiro atoms. The Balaban J connectivity index is 2.63. The molecule has 0 aromatic rings. The second-order valence-corrected chi connectivity index (χ2v) is 4.69. The maximum absolute atomic E-state index is 12.0. The van der Waals surface area contributed by atoms with E-state index < -0.39 is 6.09 Å². The van der Waals surface area contributed by atoms with Crippen LogP contribution in [0.1, 0.15) is 39.5 Å². The van der Waals surface area contributed by atoms with E-state index in [2.05, 4.69) is 10.1 Å². The van der Waals surface area contributed by atoms with Crippen LogP contribution in [0.5, 0.6) is 0 Å². The van der Waals surface area contributed by atoms with Gasteiger partial charge in [0.25, 0.3) is 0 Å². The number of rotatable bonds is 3. The van der Waals surface area contributed by atoms with E-state index in [0.717, 1.165) is 25.7 Å². The Morgan fingerprint density at radius 2 is 1.88 bits per heavy atom. The highest BCUT2D eigenvalue weighted by Crippen LogP contribution is 2.27. The molecule has 0 heterocycles. The highest BCUT2D eigenvalue weighted by molar-refractivity contribution is 5.84. The molecule has 2 atom stereocenters. The number of carbonyl (C=O) groups excluding carboxylic acids is 2. The molecule has 0 radical (unpaired) electrons. The monoisotopic (exact) mass is 227 g/mol. The van der Waals surface area contributed by atoms with E-state index >= 15 is 0 Å². The summed E-state index contributed by atoms with van der Waals surface area (Å²) in [5.41, 5.74) is 0. The van der Waals surface area contributed by atoms with Crippen molar-refractivity contribution < 1.29 is 14.3 Å². The van der Waals surface area contributed by atoms with Crippen molar-refractivity contribution in [1.82, 2.24) is 5.32 Å². The van der Waals surface area contributed by atoms with Gasteiger partial charge in [-0.15, -0.1) is 0 Å². The van der Waals surface area contributed by atoms with Crippen LogP contribution in [-0.2, 0) is 9.53 Å². The van der Waals surface area contributed by atoms with Crippen LogP contribution in [0.15, 0.2) is 0 Å². The van der Waals surface area contributed by atoms with Crippen molar-refractivity contribution in [3.63, 3.8) is 0 Å². The van der Waals surface area contributed by atoms with E-state index in [4.69, 9.17) is 0 Å². The van der Waals surface area contributed by atoms with Crippen LogP contribution in [0.3, 0.4) is 0 Å². The van der Waals surface area contributed by atoms with Crippen molar-refractivity contribution in [3.05, 3.63) is 0 Å². The van der Waals surface area contributed by atoms with Crippen LogP contribution in [0.25, 0.3) is 0 Å². The largest absolute Gasteiger partial charge is 0.453 e. The van der Waals surface area contributed by atoms with Gasteiger partial charge in [-0.3, -0.25) is 4.79 Å². The van der Waals surface area contributed by atoms with Crippen LogP contribution in [-0.4, -0.2) is 25.0 Å². The lowest BCUT2D eigenvalue weighted by Gasteiger charge is -2.31. The second-order valence-electron chi connectivity index (χ2n) is 4.69. The van der Waals surface area contributed by atoms with Gasteiger partial charge in [0, 0.05) is 17.9 Å². The molecule has 1 N–H and O–H groups in total. The Morgan fingerprint density at radius 1 is 1.25 bits per heavy atom. The standard InChI is InChI=1S/C12H21NO3/c1-8(2)11(14)9-6-4-5-7-10(9)13-12(15)16-3/h8-10H,4-7H2,1-3H3,(H,13,15)/t9-,10-/m1/s1. The summed E-state index contributed by atoms with van der Waals surface area (Å²) >= 11 is 0. The molecule has 1 amide bonds. The molecule has 0 bridgehead atoms. The summed E-state index contributed by atoms with van der Waals surface area (Å²) in [6, 6.07) is -0.0453. The first-order valence-electron chi connectivity index (χ1n) is 5.94. The van der Waals surface area contributed by atoms with E-state index in [-0.39, 0.29) is 23.7 Å². The van der Waals surface area contributed by atoms with Gasteiger partial charge >= 0.3 is 6.09 Å². The summed E-state index contributed by atoms with van der Waals surface area (Å²) in [6.45, 7) is 3.82.